The lowest BCUT2D eigenvalue weighted by atomic mass is 9.89. The van der Waals surface area contributed by atoms with E-state index >= 15 is 0 Å². The molecule has 0 radical (unpaired) electrons. The van der Waals surface area contributed by atoms with Gasteiger partial charge in [0.2, 0.25) is 0 Å². The Hall–Kier alpha value is -1.55. The largest absolute Gasteiger partial charge is 0.417 e. The van der Waals surface area contributed by atoms with Gasteiger partial charge < -0.3 is 0 Å². The van der Waals surface area contributed by atoms with Crippen LogP contribution < -0.4 is 0 Å². The number of rotatable bonds is 1. The highest BCUT2D eigenvalue weighted by Crippen LogP contribution is 2.38. The number of benzene rings is 1. The van der Waals surface area contributed by atoms with Crippen LogP contribution in [-0.4, -0.2) is 4.98 Å². The molecule has 1 aromatic carbocycles. The van der Waals surface area contributed by atoms with Gasteiger partial charge in [-0.2, -0.15) is 13.2 Å². The summed E-state index contributed by atoms with van der Waals surface area (Å²) in [7, 11) is 0. The second-order valence-electron chi connectivity index (χ2n) is 5.87. The van der Waals surface area contributed by atoms with Crippen molar-refractivity contribution in [3.05, 3.63) is 52.8 Å². The second kappa shape index (κ2) is 5.34. The van der Waals surface area contributed by atoms with E-state index in [0.717, 1.165) is 6.07 Å². The van der Waals surface area contributed by atoms with Gasteiger partial charge in [0.1, 0.15) is 0 Å². The number of nitrogens with zero attached hydrogens (tertiary/aromatic N) is 1. The van der Waals surface area contributed by atoms with Crippen LogP contribution in [0.3, 0.4) is 0 Å². The first-order chi connectivity index (χ1) is 9.59. The van der Waals surface area contributed by atoms with Gasteiger partial charge in [-0.3, -0.25) is 4.98 Å². The third kappa shape index (κ3) is 3.56. The van der Waals surface area contributed by atoms with E-state index in [-0.39, 0.29) is 5.56 Å². The van der Waals surface area contributed by atoms with Gasteiger partial charge in [-0.05, 0) is 23.8 Å². The molecule has 2 rings (SSSR count). The molecule has 21 heavy (non-hydrogen) atoms. The first-order valence-corrected chi connectivity index (χ1v) is 6.80. The van der Waals surface area contributed by atoms with Crippen LogP contribution in [0.15, 0.2) is 36.5 Å². The summed E-state index contributed by atoms with van der Waals surface area (Å²) in [5.74, 6) is 0. The molecular formula is C16H15ClF3N. The molecule has 0 saturated carbocycles. The summed E-state index contributed by atoms with van der Waals surface area (Å²) in [5.41, 5.74) is -0.206. The van der Waals surface area contributed by atoms with E-state index in [1.807, 2.05) is 20.8 Å². The van der Waals surface area contributed by atoms with Gasteiger partial charge >= 0.3 is 6.18 Å². The fourth-order valence-corrected chi connectivity index (χ4v) is 2.09. The summed E-state index contributed by atoms with van der Waals surface area (Å²) >= 11 is 5.78. The maximum Gasteiger partial charge on any atom is 0.417 e. The molecule has 0 aliphatic heterocycles. The molecule has 112 valence electrons. The van der Waals surface area contributed by atoms with Gasteiger partial charge in [-0.1, -0.05) is 44.5 Å². The van der Waals surface area contributed by atoms with Crippen LogP contribution >= 0.6 is 11.6 Å². The Morgan fingerprint density at radius 2 is 1.57 bits per heavy atom. The van der Waals surface area contributed by atoms with E-state index in [4.69, 9.17) is 11.6 Å². The molecule has 0 unspecified atom stereocenters. The molecule has 1 aromatic heterocycles. The molecular weight excluding hydrogens is 299 g/mol. The Morgan fingerprint density at radius 1 is 1.00 bits per heavy atom. The average molecular weight is 314 g/mol. The highest BCUT2D eigenvalue weighted by atomic mass is 35.5. The Kier molecular flexibility index (Phi) is 4.02. The molecule has 5 heteroatoms. The van der Waals surface area contributed by atoms with E-state index in [2.05, 4.69) is 4.98 Å². The Bertz CT molecular complexity index is 640. The number of pyridine rings is 1. The molecule has 0 bridgehead atoms. The lowest BCUT2D eigenvalue weighted by Crippen LogP contribution is -2.17. The van der Waals surface area contributed by atoms with E-state index in [0.29, 0.717) is 16.3 Å². The minimum absolute atomic E-state index is 0.0622. The molecule has 0 spiro atoms. The molecule has 0 atom stereocenters. The quantitative estimate of drug-likeness (QED) is 0.656. The van der Waals surface area contributed by atoms with Crippen LogP contribution in [0.25, 0.3) is 11.1 Å². The first-order valence-electron chi connectivity index (χ1n) is 6.43. The van der Waals surface area contributed by atoms with Gasteiger partial charge in [0.05, 0.1) is 5.56 Å². The zero-order valence-electron chi connectivity index (χ0n) is 11.9. The lowest BCUT2D eigenvalue weighted by molar-refractivity contribution is -0.137. The molecule has 0 N–H and O–H groups in total. The highest BCUT2D eigenvalue weighted by Gasteiger charge is 2.35. The minimum Gasteiger partial charge on any atom is -0.260 e. The zero-order valence-corrected chi connectivity index (χ0v) is 12.7. The number of alkyl halides is 3. The fourth-order valence-electron chi connectivity index (χ4n) is 1.96. The Labute approximate surface area is 126 Å². The predicted octanol–water partition coefficient (Wildman–Crippen LogP) is 5.72. The van der Waals surface area contributed by atoms with Crippen molar-refractivity contribution < 1.29 is 13.2 Å². The van der Waals surface area contributed by atoms with Crippen LogP contribution in [-0.2, 0) is 11.6 Å². The summed E-state index contributed by atoms with van der Waals surface area (Å²) in [4.78, 5) is 4.19. The molecule has 0 aliphatic carbocycles. The van der Waals surface area contributed by atoms with E-state index in [9.17, 15) is 13.2 Å². The van der Waals surface area contributed by atoms with Crippen molar-refractivity contribution in [1.29, 1.82) is 0 Å². The Morgan fingerprint density at radius 3 is 2.05 bits per heavy atom. The van der Waals surface area contributed by atoms with Gasteiger partial charge in [-0.25, -0.2) is 0 Å². The Balaban J connectivity index is 2.63. The van der Waals surface area contributed by atoms with Crippen LogP contribution in [0.4, 0.5) is 13.2 Å². The van der Waals surface area contributed by atoms with Crippen molar-refractivity contribution in [3.63, 3.8) is 0 Å². The molecule has 2 aromatic rings. The van der Waals surface area contributed by atoms with Crippen LogP contribution in [0, 0.1) is 0 Å². The summed E-state index contributed by atoms with van der Waals surface area (Å²) in [6.45, 7) is 5.49. The number of hydrogen-bond donors (Lipinski definition) is 0. The van der Waals surface area contributed by atoms with Gasteiger partial charge in [-0.15, -0.1) is 0 Å². The van der Waals surface area contributed by atoms with Crippen LogP contribution in [0.2, 0.25) is 5.02 Å². The lowest BCUT2D eigenvalue weighted by Gasteiger charge is -2.21. The maximum absolute atomic E-state index is 13.3. The number of hydrogen-bond acceptors (Lipinski definition) is 1. The third-order valence-electron chi connectivity index (χ3n) is 3.13. The highest BCUT2D eigenvalue weighted by molar-refractivity contribution is 6.30. The predicted molar refractivity (Wildman–Crippen MR) is 78.4 cm³/mol. The van der Waals surface area contributed by atoms with Crippen LogP contribution in [0.1, 0.15) is 32.0 Å². The molecule has 0 fully saturated rings. The van der Waals surface area contributed by atoms with E-state index in [1.165, 1.54) is 6.20 Å². The van der Waals surface area contributed by atoms with Gasteiger partial charge in [0, 0.05) is 27.9 Å². The van der Waals surface area contributed by atoms with Crippen molar-refractivity contribution in [2.45, 2.75) is 32.4 Å². The summed E-state index contributed by atoms with van der Waals surface area (Å²) in [6, 6.07) is 7.38. The van der Waals surface area contributed by atoms with Crippen molar-refractivity contribution in [2.24, 2.45) is 0 Å². The topological polar surface area (TPSA) is 12.9 Å². The normalized spacial score (nSPS) is 12.5. The summed E-state index contributed by atoms with van der Waals surface area (Å²) in [6.07, 6.45) is -3.15. The van der Waals surface area contributed by atoms with Gasteiger partial charge in [0.25, 0.3) is 0 Å². The maximum atomic E-state index is 13.3. The SMILES string of the molecule is CC(C)(C)c1cc(C(F)(F)F)c(-c2ccc(Cl)cc2)cn1. The smallest absolute Gasteiger partial charge is 0.260 e. The summed E-state index contributed by atoms with van der Waals surface area (Å²) < 4.78 is 40.0. The molecule has 0 aliphatic rings. The minimum atomic E-state index is -4.43. The average Bonchev–Trinajstić information content (AvgIpc) is 2.37. The molecule has 1 nitrogen and oxygen atoms in total. The summed E-state index contributed by atoms with van der Waals surface area (Å²) in [5, 5.41) is 0.478. The molecule has 0 amide bonds. The molecule has 0 saturated heterocycles. The zero-order chi connectivity index (χ0) is 15.8. The van der Waals surface area contributed by atoms with Gasteiger partial charge in [0.15, 0.2) is 0 Å². The number of aromatic nitrogens is 1. The van der Waals surface area contributed by atoms with Crippen molar-refractivity contribution in [1.82, 2.24) is 4.98 Å². The first kappa shape index (κ1) is 15.8. The standard InChI is InChI=1S/C16H15ClF3N/c1-15(2,3)14-8-13(16(18,19)20)12(9-21-14)10-4-6-11(17)7-5-10/h4-9H,1-3H3. The fraction of sp³-hybridized carbons (Fsp3) is 0.312. The van der Waals surface area contributed by atoms with Crippen LogP contribution in [0.5, 0.6) is 0 Å². The van der Waals surface area contributed by atoms with Crippen molar-refractivity contribution in [2.75, 3.05) is 0 Å². The number of halogens is 4. The monoisotopic (exact) mass is 313 g/mol. The molecule has 1 heterocycles. The van der Waals surface area contributed by atoms with Crippen molar-refractivity contribution >= 4 is 11.6 Å². The van der Waals surface area contributed by atoms with Crippen molar-refractivity contribution in [3.8, 4) is 11.1 Å². The third-order valence-corrected chi connectivity index (χ3v) is 3.38. The second-order valence-corrected chi connectivity index (χ2v) is 6.31. The van der Waals surface area contributed by atoms with E-state index in [1.54, 1.807) is 24.3 Å². The van der Waals surface area contributed by atoms with E-state index < -0.39 is 17.2 Å².